The number of ether oxygens (including phenoxy) is 3. The molecule has 2 fully saturated rings. The molecule has 1 spiro atoms. The molecule has 3 aromatic rings. The van der Waals surface area contributed by atoms with Crippen LogP contribution in [-0.2, 0) is 28.7 Å². The van der Waals surface area contributed by atoms with E-state index >= 15 is 0 Å². The molecular weight excluding hydrogens is 536 g/mol. The minimum atomic E-state index is -1.79. The van der Waals surface area contributed by atoms with Crippen molar-refractivity contribution in [2.24, 2.45) is 10.8 Å². The van der Waals surface area contributed by atoms with Gasteiger partial charge in [0, 0.05) is 10.7 Å². The van der Waals surface area contributed by atoms with Gasteiger partial charge in [-0.3, -0.25) is 19.2 Å². The zero-order valence-corrected chi connectivity index (χ0v) is 23.2. The van der Waals surface area contributed by atoms with Gasteiger partial charge in [0.15, 0.2) is 5.41 Å². The maximum Gasteiger partial charge on any atom is 0.324 e. The first-order valence-electron chi connectivity index (χ1n) is 12.6. The van der Waals surface area contributed by atoms with Gasteiger partial charge in [-0.25, -0.2) is 5.06 Å². The number of nitrogens with zero attached hydrogens (tertiary/aromatic N) is 1. The van der Waals surface area contributed by atoms with Gasteiger partial charge in [-0.1, -0.05) is 41.4 Å². The average molecular weight is 565 g/mol. The van der Waals surface area contributed by atoms with E-state index in [0.717, 1.165) is 5.56 Å². The summed E-state index contributed by atoms with van der Waals surface area (Å²) in [7, 11) is 3.96. The Kier molecular flexibility index (Phi) is 7.20. The molecule has 3 aromatic carbocycles. The first-order chi connectivity index (χ1) is 19.2. The van der Waals surface area contributed by atoms with Gasteiger partial charge in [0.25, 0.3) is 0 Å². The molecule has 208 valence electrons. The van der Waals surface area contributed by atoms with Crippen molar-refractivity contribution >= 4 is 40.8 Å². The number of esters is 2. The number of hydrogen-bond donors (Lipinski definition) is 1. The third-order valence-electron chi connectivity index (χ3n) is 7.77. The minimum Gasteiger partial charge on any atom is -0.497 e. The van der Waals surface area contributed by atoms with Crippen molar-refractivity contribution in [3.8, 4) is 5.75 Å². The summed E-state index contributed by atoms with van der Waals surface area (Å²) in [6.45, 7) is 1.95. The molecule has 5 rings (SSSR count). The van der Waals surface area contributed by atoms with Crippen LogP contribution >= 0.6 is 11.6 Å². The lowest BCUT2D eigenvalue weighted by Gasteiger charge is -2.28. The Morgan fingerprint density at radius 2 is 1.50 bits per heavy atom. The molecule has 10 heteroatoms. The molecule has 0 unspecified atom stereocenters. The van der Waals surface area contributed by atoms with E-state index in [0.29, 0.717) is 27.7 Å². The Morgan fingerprint density at radius 3 is 2.05 bits per heavy atom. The highest BCUT2D eigenvalue weighted by molar-refractivity contribution is 6.30. The lowest BCUT2D eigenvalue weighted by Crippen LogP contribution is -2.48. The van der Waals surface area contributed by atoms with Crippen molar-refractivity contribution in [1.29, 1.82) is 0 Å². The van der Waals surface area contributed by atoms with Crippen molar-refractivity contribution in [2.45, 2.75) is 25.5 Å². The fourth-order valence-corrected chi connectivity index (χ4v) is 5.87. The Hall–Kier alpha value is -4.08. The first kappa shape index (κ1) is 27.5. The Balaban J connectivity index is 1.68. The molecule has 1 N–H and O–H groups in total. The second-order valence-electron chi connectivity index (χ2n) is 9.92. The molecule has 3 atom stereocenters. The van der Waals surface area contributed by atoms with Crippen molar-refractivity contribution in [2.75, 3.05) is 31.7 Å². The van der Waals surface area contributed by atoms with E-state index in [4.69, 9.17) is 30.6 Å². The highest BCUT2D eigenvalue weighted by atomic mass is 35.5. The number of hydrogen-bond acceptors (Lipinski definition) is 8. The highest BCUT2D eigenvalue weighted by Gasteiger charge is 2.88. The Morgan fingerprint density at radius 1 is 0.900 bits per heavy atom. The summed E-state index contributed by atoms with van der Waals surface area (Å²) in [6.07, 6.45) is -0.925. The van der Waals surface area contributed by atoms with Crippen molar-refractivity contribution < 1.29 is 33.4 Å². The zero-order valence-electron chi connectivity index (χ0n) is 22.5. The molecule has 1 aliphatic heterocycles. The lowest BCUT2D eigenvalue weighted by molar-refractivity contribution is -0.164. The summed E-state index contributed by atoms with van der Waals surface area (Å²) in [6, 6.07) is 20.0. The molecule has 1 heterocycles. The van der Waals surface area contributed by atoms with Crippen LogP contribution in [0.25, 0.3) is 0 Å². The fourth-order valence-electron chi connectivity index (χ4n) is 5.74. The predicted octanol–water partition coefficient (Wildman–Crippen LogP) is 4.88. The van der Waals surface area contributed by atoms with Gasteiger partial charge < -0.3 is 19.5 Å². The molecule has 1 saturated carbocycles. The van der Waals surface area contributed by atoms with Gasteiger partial charge in [0.2, 0.25) is 5.91 Å². The number of carbonyl (C=O) groups excluding carboxylic acids is 3. The number of benzene rings is 3. The summed E-state index contributed by atoms with van der Waals surface area (Å²) in [5.41, 5.74) is -0.439. The van der Waals surface area contributed by atoms with Crippen molar-refractivity contribution in [1.82, 2.24) is 0 Å². The van der Waals surface area contributed by atoms with E-state index in [9.17, 15) is 14.4 Å². The maximum absolute atomic E-state index is 14.2. The van der Waals surface area contributed by atoms with E-state index in [2.05, 4.69) is 5.32 Å². The molecular formula is C30H29ClN2O7. The van der Waals surface area contributed by atoms with Gasteiger partial charge in [-0.2, -0.15) is 0 Å². The van der Waals surface area contributed by atoms with Crippen LogP contribution in [0.3, 0.4) is 0 Å². The summed E-state index contributed by atoms with van der Waals surface area (Å²) < 4.78 is 15.5. The van der Waals surface area contributed by atoms with Crippen LogP contribution in [0.1, 0.15) is 23.7 Å². The number of amides is 1. The summed E-state index contributed by atoms with van der Waals surface area (Å²) in [5, 5.41) is 4.91. The number of methoxy groups -OCH3 is 3. The van der Waals surface area contributed by atoms with Gasteiger partial charge in [0.1, 0.15) is 17.9 Å². The number of nitrogens with one attached hydrogen (secondary N) is 1. The molecule has 0 aromatic heterocycles. The molecule has 0 radical (unpaired) electrons. The van der Waals surface area contributed by atoms with Crippen molar-refractivity contribution in [3.63, 3.8) is 0 Å². The van der Waals surface area contributed by atoms with Crippen LogP contribution in [0.15, 0.2) is 72.8 Å². The van der Waals surface area contributed by atoms with Crippen molar-refractivity contribution in [3.05, 3.63) is 88.9 Å². The maximum atomic E-state index is 14.2. The molecule has 0 bridgehead atoms. The first-order valence-corrected chi connectivity index (χ1v) is 13.0. The number of anilines is 2. The zero-order chi connectivity index (χ0) is 28.7. The van der Waals surface area contributed by atoms with Gasteiger partial charge in [0.05, 0.1) is 32.4 Å². The normalized spacial score (nSPS) is 22.5. The topological polar surface area (TPSA) is 103 Å². The van der Waals surface area contributed by atoms with E-state index in [1.807, 2.05) is 31.2 Å². The highest BCUT2D eigenvalue weighted by Crippen LogP contribution is 2.77. The van der Waals surface area contributed by atoms with E-state index in [-0.39, 0.29) is 6.42 Å². The molecule has 2 aliphatic rings. The monoisotopic (exact) mass is 564 g/mol. The number of aryl methyl sites for hydroxylation is 1. The predicted molar refractivity (Wildman–Crippen MR) is 148 cm³/mol. The van der Waals surface area contributed by atoms with Crippen LogP contribution < -0.4 is 15.1 Å². The third kappa shape index (κ3) is 4.26. The molecule has 1 saturated heterocycles. The number of hydroxylamine groups is 1. The van der Waals surface area contributed by atoms with Crippen LogP contribution in [-0.4, -0.2) is 45.2 Å². The van der Waals surface area contributed by atoms with Crippen LogP contribution in [0.2, 0.25) is 5.02 Å². The fraction of sp³-hybridized carbons (Fsp3) is 0.300. The minimum absolute atomic E-state index is 0.0320. The molecule has 40 heavy (non-hydrogen) atoms. The van der Waals surface area contributed by atoms with Gasteiger partial charge in [-0.15, -0.1) is 0 Å². The Bertz CT molecular complexity index is 1410. The average Bonchev–Trinajstić information content (AvgIpc) is 3.54. The third-order valence-corrected chi connectivity index (χ3v) is 8.02. The van der Waals surface area contributed by atoms with E-state index in [1.54, 1.807) is 55.6 Å². The van der Waals surface area contributed by atoms with Crippen LogP contribution in [0.5, 0.6) is 5.75 Å². The van der Waals surface area contributed by atoms with Gasteiger partial charge >= 0.3 is 11.9 Å². The van der Waals surface area contributed by atoms with Gasteiger partial charge in [-0.05, 0) is 67.4 Å². The molecule has 1 amide bonds. The van der Waals surface area contributed by atoms with E-state index < -0.39 is 40.8 Å². The number of carbonyl (C=O) groups is 3. The summed E-state index contributed by atoms with van der Waals surface area (Å²) >= 11 is 6.16. The quantitative estimate of drug-likeness (QED) is 0.320. The molecule has 9 nitrogen and oxygen atoms in total. The lowest BCUT2D eigenvalue weighted by atomic mass is 9.78. The Labute approximate surface area is 236 Å². The van der Waals surface area contributed by atoms with E-state index in [1.165, 1.54) is 19.3 Å². The second kappa shape index (κ2) is 10.5. The standard InChI is InChI=1S/C30H29ClN2O7/c1-18-5-13-22(14-6-18)33-24(26(34)32-21-11-15-23(37-2)16-12-21)29(17-30(29,27(35)38-3)28(36)39-4)25(40-33)19-7-9-20(31)10-8-19/h5-16,24-25H,17H2,1-4H3,(H,32,34)/t24-,25+,29-/m0/s1. The van der Waals surface area contributed by atoms with Crippen LogP contribution in [0, 0.1) is 17.8 Å². The number of rotatable bonds is 7. The SMILES string of the molecule is COC(=O)C1(C(=O)OC)C[C@]12[C@@H](c1ccc(Cl)cc1)ON(c1ccc(C)cc1)[C@H]2C(=O)Nc1ccc(OC)cc1. The second-order valence-corrected chi connectivity index (χ2v) is 10.4. The summed E-state index contributed by atoms with van der Waals surface area (Å²) in [5.74, 6) is -1.44. The smallest absolute Gasteiger partial charge is 0.324 e. The molecule has 1 aliphatic carbocycles. The summed E-state index contributed by atoms with van der Waals surface area (Å²) in [4.78, 5) is 47.6. The number of halogens is 1. The van der Waals surface area contributed by atoms with Crippen LogP contribution in [0.4, 0.5) is 11.4 Å². The largest absolute Gasteiger partial charge is 0.497 e.